The normalized spacial score (nSPS) is 13.6. The van der Waals surface area contributed by atoms with E-state index < -0.39 is 0 Å². The van der Waals surface area contributed by atoms with E-state index in [-0.39, 0.29) is 5.56 Å². The average molecular weight is 325 g/mol. The Bertz CT molecular complexity index is 916. The number of rotatable bonds is 3. The van der Waals surface area contributed by atoms with E-state index in [1.807, 2.05) is 29.2 Å². The molecule has 1 aromatic carbocycles. The molecule has 0 saturated heterocycles. The van der Waals surface area contributed by atoms with Gasteiger partial charge in [0.2, 0.25) is 5.89 Å². The van der Waals surface area contributed by atoms with Crippen molar-refractivity contribution in [3.05, 3.63) is 52.2 Å². The van der Waals surface area contributed by atoms with Crippen LogP contribution in [-0.2, 0) is 13.0 Å². The van der Waals surface area contributed by atoms with E-state index in [1.54, 1.807) is 7.11 Å². The fourth-order valence-corrected chi connectivity index (χ4v) is 2.72. The summed E-state index contributed by atoms with van der Waals surface area (Å²) in [7, 11) is 1.62. The van der Waals surface area contributed by atoms with Crippen LogP contribution in [0.15, 0.2) is 39.8 Å². The predicted octanol–water partition coefficient (Wildman–Crippen LogP) is 1.39. The Hall–Kier alpha value is -3.16. The summed E-state index contributed by atoms with van der Waals surface area (Å²) in [5.41, 5.74) is 2.21. The van der Waals surface area contributed by atoms with Crippen molar-refractivity contribution in [2.24, 2.45) is 0 Å². The lowest BCUT2D eigenvalue weighted by Crippen LogP contribution is -2.35. The number of nitrogens with one attached hydrogen (secondary N) is 1. The number of ether oxygens (including phenoxy) is 1. The van der Waals surface area contributed by atoms with E-state index in [0.717, 1.165) is 22.6 Å². The van der Waals surface area contributed by atoms with Crippen LogP contribution in [0.25, 0.3) is 11.5 Å². The van der Waals surface area contributed by atoms with E-state index in [4.69, 9.17) is 9.15 Å². The van der Waals surface area contributed by atoms with Crippen LogP contribution < -0.4 is 15.2 Å². The molecule has 4 rings (SSSR count). The van der Waals surface area contributed by atoms with E-state index in [2.05, 4.69) is 20.2 Å². The Labute approximate surface area is 137 Å². The zero-order valence-corrected chi connectivity index (χ0v) is 13.0. The van der Waals surface area contributed by atoms with Gasteiger partial charge in [0.15, 0.2) is 0 Å². The van der Waals surface area contributed by atoms with Gasteiger partial charge < -0.3 is 19.0 Å². The first kappa shape index (κ1) is 14.4. The van der Waals surface area contributed by atoms with Crippen LogP contribution in [-0.4, -0.2) is 33.8 Å². The molecule has 1 N–H and O–H groups in total. The third-order valence-electron chi connectivity index (χ3n) is 4.03. The van der Waals surface area contributed by atoms with Gasteiger partial charge in [-0.05, 0) is 30.7 Å². The fourth-order valence-electron chi connectivity index (χ4n) is 2.72. The first-order valence-electron chi connectivity index (χ1n) is 7.53. The third kappa shape index (κ3) is 2.51. The highest BCUT2D eigenvalue weighted by molar-refractivity contribution is 5.55. The molecular formula is C16H15N5O3. The second-order valence-corrected chi connectivity index (χ2v) is 5.45. The molecule has 0 aliphatic carbocycles. The van der Waals surface area contributed by atoms with E-state index >= 15 is 0 Å². The van der Waals surface area contributed by atoms with E-state index in [0.29, 0.717) is 31.4 Å². The molecule has 1 aliphatic rings. The van der Waals surface area contributed by atoms with Gasteiger partial charge in [0, 0.05) is 17.7 Å². The van der Waals surface area contributed by atoms with Crippen molar-refractivity contribution in [2.45, 2.75) is 13.0 Å². The molecule has 0 fully saturated rings. The lowest BCUT2D eigenvalue weighted by molar-refractivity contribution is 0.415. The van der Waals surface area contributed by atoms with Gasteiger partial charge in [0.05, 0.1) is 25.7 Å². The summed E-state index contributed by atoms with van der Waals surface area (Å²) in [6, 6.07) is 7.83. The standard InChI is InChI=1S/C16H15N5O3/c1-23-11-4-2-10(3-5-11)15-19-20-16(24-15)21-7-6-12-13(8-21)17-9-18-14(12)22/h2-5,9H,6-8H2,1H3,(H,17,18,22). The number of hydrogen-bond donors (Lipinski definition) is 1. The molecule has 0 spiro atoms. The van der Waals surface area contributed by atoms with Crippen LogP contribution >= 0.6 is 0 Å². The Morgan fingerprint density at radius 2 is 2.08 bits per heavy atom. The first-order chi connectivity index (χ1) is 11.7. The Balaban J connectivity index is 1.58. The molecule has 0 amide bonds. The second-order valence-electron chi connectivity index (χ2n) is 5.45. The predicted molar refractivity (Wildman–Crippen MR) is 85.9 cm³/mol. The number of H-pyrrole nitrogens is 1. The van der Waals surface area contributed by atoms with Crippen molar-refractivity contribution in [3.63, 3.8) is 0 Å². The molecule has 0 atom stereocenters. The molecule has 24 heavy (non-hydrogen) atoms. The number of nitrogens with zero attached hydrogens (tertiary/aromatic N) is 4. The van der Waals surface area contributed by atoms with Gasteiger partial charge in [-0.3, -0.25) is 4.79 Å². The molecule has 0 bridgehead atoms. The SMILES string of the molecule is COc1ccc(-c2nnc(N3CCc4c(nc[nH]c4=O)C3)o2)cc1. The van der Waals surface area contributed by atoms with Gasteiger partial charge in [-0.1, -0.05) is 5.10 Å². The minimum atomic E-state index is -0.0795. The van der Waals surface area contributed by atoms with Gasteiger partial charge in [0.1, 0.15) is 5.75 Å². The summed E-state index contributed by atoms with van der Waals surface area (Å²) in [4.78, 5) is 20.5. The summed E-state index contributed by atoms with van der Waals surface area (Å²) in [6.45, 7) is 1.11. The van der Waals surface area contributed by atoms with Crippen molar-refractivity contribution >= 4 is 6.01 Å². The van der Waals surface area contributed by atoms with E-state index in [1.165, 1.54) is 6.33 Å². The quantitative estimate of drug-likeness (QED) is 0.777. The molecule has 2 aromatic heterocycles. The lowest BCUT2D eigenvalue weighted by Gasteiger charge is -2.25. The van der Waals surface area contributed by atoms with Crippen LogP contribution in [0.3, 0.4) is 0 Å². The topological polar surface area (TPSA) is 97.1 Å². The number of benzene rings is 1. The summed E-state index contributed by atoms with van der Waals surface area (Å²) in [5, 5.41) is 8.22. The van der Waals surface area contributed by atoms with Crippen LogP contribution in [0.2, 0.25) is 0 Å². The molecule has 3 heterocycles. The maximum Gasteiger partial charge on any atom is 0.318 e. The lowest BCUT2D eigenvalue weighted by atomic mass is 10.1. The van der Waals surface area contributed by atoms with Crippen LogP contribution in [0, 0.1) is 0 Å². The number of aromatic nitrogens is 4. The van der Waals surface area contributed by atoms with Crippen molar-refractivity contribution in [2.75, 3.05) is 18.6 Å². The van der Waals surface area contributed by atoms with Gasteiger partial charge >= 0.3 is 6.01 Å². The number of methoxy groups -OCH3 is 1. The summed E-state index contributed by atoms with van der Waals surface area (Å²) in [5.74, 6) is 1.21. The molecular weight excluding hydrogens is 310 g/mol. The number of anilines is 1. The van der Waals surface area contributed by atoms with Gasteiger partial charge in [-0.15, -0.1) is 5.10 Å². The Morgan fingerprint density at radius 1 is 1.25 bits per heavy atom. The van der Waals surface area contributed by atoms with Crippen LogP contribution in [0.5, 0.6) is 5.75 Å². The van der Waals surface area contributed by atoms with Crippen molar-refractivity contribution < 1.29 is 9.15 Å². The molecule has 1 aliphatic heterocycles. The molecule has 122 valence electrons. The highest BCUT2D eigenvalue weighted by Crippen LogP contribution is 2.26. The van der Waals surface area contributed by atoms with Gasteiger partial charge in [0.25, 0.3) is 5.56 Å². The largest absolute Gasteiger partial charge is 0.497 e. The minimum Gasteiger partial charge on any atom is -0.497 e. The maximum atomic E-state index is 11.8. The summed E-state index contributed by atoms with van der Waals surface area (Å²) in [6.07, 6.45) is 2.01. The molecule has 8 heteroatoms. The smallest absolute Gasteiger partial charge is 0.318 e. The summed E-state index contributed by atoms with van der Waals surface area (Å²) < 4.78 is 10.9. The molecule has 0 radical (unpaired) electrons. The van der Waals surface area contributed by atoms with Crippen molar-refractivity contribution in [1.29, 1.82) is 0 Å². The molecule has 0 saturated carbocycles. The van der Waals surface area contributed by atoms with Crippen LogP contribution in [0.1, 0.15) is 11.3 Å². The third-order valence-corrected chi connectivity index (χ3v) is 4.03. The molecule has 8 nitrogen and oxygen atoms in total. The highest BCUT2D eigenvalue weighted by atomic mass is 16.5. The van der Waals surface area contributed by atoms with Gasteiger partial charge in [-0.25, -0.2) is 4.98 Å². The Kier molecular flexibility index (Phi) is 3.49. The summed E-state index contributed by atoms with van der Waals surface area (Å²) >= 11 is 0. The molecule has 0 unspecified atom stereocenters. The number of hydrogen-bond acceptors (Lipinski definition) is 7. The fraction of sp³-hybridized carbons (Fsp3) is 0.250. The minimum absolute atomic E-state index is 0.0795. The number of fused-ring (bicyclic) bond motifs is 1. The molecule has 3 aromatic rings. The zero-order valence-electron chi connectivity index (χ0n) is 13.0. The maximum absolute atomic E-state index is 11.8. The van der Waals surface area contributed by atoms with Crippen molar-refractivity contribution in [3.8, 4) is 17.2 Å². The highest BCUT2D eigenvalue weighted by Gasteiger charge is 2.23. The van der Waals surface area contributed by atoms with Crippen LogP contribution in [0.4, 0.5) is 6.01 Å². The Morgan fingerprint density at radius 3 is 2.88 bits per heavy atom. The first-order valence-corrected chi connectivity index (χ1v) is 7.53. The average Bonchev–Trinajstić information content (AvgIpc) is 3.12. The monoisotopic (exact) mass is 325 g/mol. The second kappa shape index (κ2) is 5.80. The van der Waals surface area contributed by atoms with Gasteiger partial charge in [-0.2, -0.15) is 0 Å². The zero-order chi connectivity index (χ0) is 16.5. The number of aromatic amines is 1. The van der Waals surface area contributed by atoms with Crippen molar-refractivity contribution in [1.82, 2.24) is 20.2 Å². The van der Waals surface area contributed by atoms with E-state index in [9.17, 15) is 4.79 Å².